The van der Waals surface area contributed by atoms with Crippen LogP contribution in [0.5, 0.6) is 11.6 Å². The summed E-state index contributed by atoms with van der Waals surface area (Å²) >= 11 is 0. The van der Waals surface area contributed by atoms with Crippen molar-refractivity contribution in [2.24, 2.45) is 16.0 Å². The molecule has 1 heterocycles. The van der Waals surface area contributed by atoms with Crippen LogP contribution in [0.2, 0.25) is 0 Å². The maximum Gasteiger partial charge on any atom is 0.356 e. The largest absolute Gasteiger partial charge is 0.497 e. The number of ether oxygens (including phenoxy) is 1. The van der Waals surface area contributed by atoms with Crippen LogP contribution < -0.4 is 10.5 Å². The molecule has 0 aliphatic carbocycles. The summed E-state index contributed by atoms with van der Waals surface area (Å²) in [5.74, 6) is -0.280. The number of primary amides is 1. The molecule has 1 aromatic heterocycles. The van der Waals surface area contributed by atoms with Gasteiger partial charge in [0.1, 0.15) is 5.75 Å². The fourth-order valence-electron chi connectivity index (χ4n) is 2.48. The number of rotatable bonds is 3. The first kappa shape index (κ1) is 16.2. The second-order valence-electron chi connectivity index (χ2n) is 5.10. The first-order valence-electron chi connectivity index (χ1n) is 7.25. The van der Waals surface area contributed by atoms with Crippen molar-refractivity contribution < 1.29 is 19.4 Å². The predicted molar refractivity (Wildman–Crippen MR) is 90.4 cm³/mol. The van der Waals surface area contributed by atoms with Crippen molar-refractivity contribution in [2.75, 3.05) is 7.11 Å². The monoisotopic (exact) mass is 338 g/mol. The molecule has 126 valence electrons. The molecule has 0 aliphatic heterocycles. The van der Waals surface area contributed by atoms with Crippen LogP contribution in [-0.2, 0) is 0 Å². The zero-order chi connectivity index (χ0) is 18.0. The van der Waals surface area contributed by atoms with Gasteiger partial charge < -0.3 is 15.6 Å². The Morgan fingerprint density at radius 1 is 1.12 bits per heavy atom. The molecule has 0 radical (unpaired) electrons. The third-order valence-corrected chi connectivity index (χ3v) is 3.61. The molecule has 0 saturated heterocycles. The van der Waals surface area contributed by atoms with Gasteiger partial charge in [-0.1, -0.05) is 23.3 Å². The molecule has 0 aliphatic rings. The smallest absolute Gasteiger partial charge is 0.356 e. The van der Waals surface area contributed by atoms with Crippen LogP contribution in [-0.4, -0.2) is 28.7 Å². The lowest BCUT2D eigenvalue weighted by Crippen LogP contribution is -2.11. The number of nitrogens with zero attached hydrogens (tertiary/aromatic N) is 3. The van der Waals surface area contributed by atoms with Crippen molar-refractivity contribution in [1.29, 1.82) is 0 Å². The molecule has 8 nitrogen and oxygen atoms in total. The number of hydrogen-bond acceptors (Lipinski definition) is 5. The Morgan fingerprint density at radius 2 is 1.80 bits per heavy atom. The summed E-state index contributed by atoms with van der Waals surface area (Å²) < 4.78 is 6.17. The number of aromatic nitrogens is 1. The second kappa shape index (κ2) is 6.44. The quantitative estimate of drug-likeness (QED) is 0.712. The molecule has 0 spiro atoms. The summed E-state index contributed by atoms with van der Waals surface area (Å²) in [4.78, 5) is 23.7. The number of hydrogen-bond donors (Lipinski definition) is 2. The van der Waals surface area contributed by atoms with Gasteiger partial charge in [-0.2, -0.15) is 0 Å². The van der Waals surface area contributed by atoms with Crippen molar-refractivity contribution in [3.63, 3.8) is 0 Å². The molecule has 2 aromatic carbocycles. The third kappa shape index (κ3) is 2.92. The highest BCUT2D eigenvalue weighted by atomic mass is 16.5. The minimum Gasteiger partial charge on any atom is -0.497 e. The Balaban J connectivity index is 2.16. The first-order valence-corrected chi connectivity index (χ1v) is 7.25. The minimum atomic E-state index is -1.00. The Hall–Kier alpha value is -3.68. The molecule has 0 fully saturated rings. The van der Waals surface area contributed by atoms with Gasteiger partial charge >= 0.3 is 6.03 Å². The molecule has 0 unspecified atom stereocenters. The molecule has 0 saturated carbocycles. The summed E-state index contributed by atoms with van der Waals surface area (Å²) in [5.41, 5.74) is 5.72. The summed E-state index contributed by atoms with van der Waals surface area (Å²) in [6, 6.07) is 12.2. The van der Waals surface area contributed by atoms with Gasteiger partial charge in [0.05, 0.1) is 12.6 Å². The fraction of sp³-hybridized carbons (Fsp3) is 0.0588. The normalized spacial score (nSPS) is 11.1. The Labute approximate surface area is 142 Å². The maximum atomic E-state index is 12.8. The van der Waals surface area contributed by atoms with E-state index in [4.69, 9.17) is 10.5 Å². The van der Waals surface area contributed by atoms with Gasteiger partial charge in [-0.3, -0.25) is 4.79 Å². The number of carbonyl (C=O) groups is 2. The average molecular weight is 338 g/mol. The number of para-hydroxylation sites is 1. The van der Waals surface area contributed by atoms with Gasteiger partial charge in [-0.05, 0) is 30.3 Å². The van der Waals surface area contributed by atoms with E-state index < -0.39 is 17.8 Å². The number of benzene rings is 2. The Bertz CT molecular complexity index is 990. The van der Waals surface area contributed by atoms with E-state index in [0.717, 1.165) is 4.57 Å². The predicted octanol–water partition coefficient (Wildman–Crippen LogP) is 3.21. The highest BCUT2D eigenvalue weighted by Crippen LogP contribution is 2.39. The van der Waals surface area contributed by atoms with Gasteiger partial charge in [0.2, 0.25) is 5.88 Å². The van der Waals surface area contributed by atoms with E-state index in [1.807, 2.05) is 0 Å². The van der Waals surface area contributed by atoms with Crippen LogP contribution >= 0.6 is 0 Å². The number of methoxy groups -OCH3 is 1. The van der Waals surface area contributed by atoms with Crippen molar-refractivity contribution >= 4 is 28.5 Å². The summed E-state index contributed by atoms with van der Waals surface area (Å²) in [6.45, 7) is 0. The van der Waals surface area contributed by atoms with Crippen LogP contribution in [0.15, 0.2) is 58.8 Å². The molecule has 3 N–H and O–H groups in total. The standard InChI is InChI=1S/C17H14N4O4/c1-25-11-8-6-10(7-9-11)15(22)21-13-5-3-2-4-12(13)14(16(21)23)19-20-17(18)24/h2-9,23H,1H3,(H2,18,24). The lowest BCUT2D eigenvalue weighted by Gasteiger charge is -2.06. The van der Waals surface area contributed by atoms with Gasteiger partial charge in [-0.15, -0.1) is 5.11 Å². The average Bonchev–Trinajstić information content (AvgIpc) is 2.91. The van der Waals surface area contributed by atoms with E-state index in [1.165, 1.54) is 7.11 Å². The molecule has 3 rings (SSSR count). The number of carbonyl (C=O) groups excluding carboxylic acids is 2. The minimum absolute atomic E-state index is 0.00346. The number of urea groups is 1. The zero-order valence-electron chi connectivity index (χ0n) is 13.2. The molecule has 25 heavy (non-hydrogen) atoms. The van der Waals surface area contributed by atoms with E-state index in [0.29, 0.717) is 22.2 Å². The van der Waals surface area contributed by atoms with Crippen molar-refractivity contribution in [3.8, 4) is 11.6 Å². The van der Waals surface area contributed by atoms with Gasteiger partial charge in [-0.25, -0.2) is 9.36 Å². The Morgan fingerprint density at radius 3 is 2.44 bits per heavy atom. The van der Waals surface area contributed by atoms with Crippen LogP contribution in [0.3, 0.4) is 0 Å². The highest BCUT2D eigenvalue weighted by molar-refractivity contribution is 6.08. The number of amides is 2. The SMILES string of the molecule is COc1ccc(C(=O)n2c(O)c(N=NC(N)=O)c3ccccc32)cc1. The van der Waals surface area contributed by atoms with Crippen LogP contribution in [0.1, 0.15) is 10.4 Å². The fourth-order valence-corrected chi connectivity index (χ4v) is 2.48. The highest BCUT2D eigenvalue weighted by Gasteiger charge is 2.22. The third-order valence-electron chi connectivity index (χ3n) is 3.61. The first-order chi connectivity index (χ1) is 12.0. The maximum absolute atomic E-state index is 12.8. The van der Waals surface area contributed by atoms with E-state index in [2.05, 4.69) is 10.2 Å². The lowest BCUT2D eigenvalue weighted by molar-refractivity contribution is 0.0957. The van der Waals surface area contributed by atoms with Crippen molar-refractivity contribution in [1.82, 2.24) is 4.57 Å². The van der Waals surface area contributed by atoms with Gasteiger partial charge in [0.25, 0.3) is 5.91 Å². The molecule has 8 heteroatoms. The molecular weight excluding hydrogens is 324 g/mol. The van der Waals surface area contributed by atoms with Crippen LogP contribution in [0.25, 0.3) is 10.9 Å². The van der Waals surface area contributed by atoms with E-state index in [9.17, 15) is 14.7 Å². The number of fused-ring (bicyclic) bond motifs is 1. The molecule has 0 atom stereocenters. The molecule has 0 bridgehead atoms. The number of aromatic hydroxyl groups is 1. The van der Waals surface area contributed by atoms with E-state index >= 15 is 0 Å². The van der Waals surface area contributed by atoms with Crippen LogP contribution in [0, 0.1) is 0 Å². The van der Waals surface area contributed by atoms with E-state index in [1.54, 1.807) is 48.5 Å². The van der Waals surface area contributed by atoms with Crippen molar-refractivity contribution in [3.05, 3.63) is 54.1 Å². The molecular formula is C17H14N4O4. The van der Waals surface area contributed by atoms with Gasteiger partial charge in [0.15, 0.2) is 5.69 Å². The topological polar surface area (TPSA) is 119 Å². The van der Waals surface area contributed by atoms with Crippen LogP contribution in [0.4, 0.5) is 10.5 Å². The summed E-state index contributed by atoms with van der Waals surface area (Å²) in [5, 5.41) is 17.8. The zero-order valence-corrected chi connectivity index (χ0v) is 13.2. The van der Waals surface area contributed by atoms with Crippen molar-refractivity contribution in [2.45, 2.75) is 0 Å². The van der Waals surface area contributed by atoms with E-state index in [-0.39, 0.29) is 5.69 Å². The second-order valence-corrected chi connectivity index (χ2v) is 5.10. The number of azo groups is 1. The van der Waals surface area contributed by atoms with Gasteiger partial charge in [0, 0.05) is 10.9 Å². The Kier molecular flexibility index (Phi) is 4.17. The molecule has 3 aromatic rings. The summed E-state index contributed by atoms with van der Waals surface area (Å²) in [6.07, 6.45) is 0. The molecule has 2 amide bonds. The number of nitrogens with two attached hydrogens (primary N) is 1. The lowest BCUT2D eigenvalue weighted by atomic mass is 10.2. The summed E-state index contributed by atoms with van der Waals surface area (Å²) in [7, 11) is 1.53.